The number of fused-ring (bicyclic) bond motifs is 1. The molecule has 3 N–H and O–H groups in total. The highest BCUT2D eigenvalue weighted by Crippen LogP contribution is 2.24. The van der Waals surface area contributed by atoms with Gasteiger partial charge in [-0.3, -0.25) is 4.98 Å². The van der Waals surface area contributed by atoms with Crippen LogP contribution in [0.4, 0.5) is 0 Å². The summed E-state index contributed by atoms with van der Waals surface area (Å²) >= 11 is 12.1. The lowest BCUT2D eigenvalue weighted by Crippen LogP contribution is -2.50. The second kappa shape index (κ2) is 7.71. The van der Waals surface area contributed by atoms with Crippen LogP contribution in [0.3, 0.4) is 0 Å². The van der Waals surface area contributed by atoms with Crippen molar-refractivity contribution in [3.63, 3.8) is 0 Å². The predicted octanol–water partition coefficient (Wildman–Crippen LogP) is 4.59. The topological polar surface area (TPSA) is 50.9 Å². The van der Waals surface area contributed by atoms with Crippen LogP contribution in [-0.2, 0) is 13.0 Å². The zero-order valence-corrected chi connectivity index (χ0v) is 15.6. The molecule has 3 nitrogen and oxygen atoms in total. The second-order valence-electron chi connectivity index (χ2n) is 6.56. The fraction of sp³-hybridized carbons (Fsp3) is 0.250. The standard InChI is InChI=1S/C20H21Cl2N3/c1-20(13-23,25-12-14-3-2-4-16(21)9-14)11-15-7-8-24-19-10-17(22)5-6-18(15)19/h2-10,25H,11-13,23H2,1H3. The molecular weight excluding hydrogens is 353 g/mol. The molecular formula is C20H21Cl2N3. The minimum absolute atomic E-state index is 0.240. The molecule has 0 aliphatic heterocycles. The van der Waals surface area contributed by atoms with Gasteiger partial charge in [0.05, 0.1) is 5.52 Å². The van der Waals surface area contributed by atoms with Crippen molar-refractivity contribution in [2.75, 3.05) is 6.54 Å². The van der Waals surface area contributed by atoms with E-state index in [0.29, 0.717) is 18.1 Å². The van der Waals surface area contributed by atoms with Crippen molar-refractivity contribution in [3.8, 4) is 0 Å². The van der Waals surface area contributed by atoms with Gasteiger partial charge in [0.15, 0.2) is 0 Å². The number of halogens is 2. The third-order valence-corrected chi connectivity index (χ3v) is 4.90. The SMILES string of the molecule is CC(CN)(Cc1ccnc2cc(Cl)ccc12)NCc1cccc(Cl)c1. The highest BCUT2D eigenvalue weighted by molar-refractivity contribution is 6.31. The van der Waals surface area contributed by atoms with Gasteiger partial charge in [0.2, 0.25) is 0 Å². The Bertz CT molecular complexity index is 882. The van der Waals surface area contributed by atoms with E-state index in [1.807, 2.05) is 48.7 Å². The summed E-state index contributed by atoms with van der Waals surface area (Å²) in [6.07, 6.45) is 2.62. The lowest BCUT2D eigenvalue weighted by molar-refractivity contribution is 0.360. The number of hydrogen-bond donors (Lipinski definition) is 2. The lowest BCUT2D eigenvalue weighted by atomic mass is 9.91. The average Bonchev–Trinajstić information content (AvgIpc) is 2.60. The smallest absolute Gasteiger partial charge is 0.0719 e. The Kier molecular flexibility index (Phi) is 5.60. The van der Waals surface area contributed by atoms with E-state index in [9.17, 15) is 0 Å². The van der Waals surface area contributed by atoms with E-state index in [0.717, 1.165) is 27.9 Å². The van der Waals surface area contributed by atoms with Crippen LogP contribution in [0.25, 0.3) is 10.9 Å². The fourth-order valence-corrected chi connectivity index (χ4v) is 3.30. The van der Waals surface area contributed by atoms with Gasteiger partial charge in [0.1, 0.15) is 0 Å². The molecule has 0 spiro atoms. The van der Waals surface area contributed by atoms with E-state index in [1.54, 1.807) is 0 Å². The number of benzene rings is 2. The molecule has 0 radical (unpaired) electrons. The predicted molar refractivity (Wildman–Crippen MR) is 106 cm³/mol. The van der Waals surface area contributed by atoms with E-state index in [-0.39, 0.29) is 5.54 Å². The number of hydrogen-bond acceptors (Lipinski definition) is 3. The maximum absolute atomic E-state index is 6.09. The highest BCUT2D eigenvalue weighted by atomic mass is 35.5. The second-order valence-corrected chi connectivity index (χ2v) is 7.43. The third kappa shape index (κ3) is 4.50. The fourth-order valence-electron chi connectivity index (χ4n) is 2.92. The highest BCUT2D eigenvalue weighted by Gasteiger charge is 2.23. The molecule has 0 saturated heterocycles. The molecule has 0 aliphatic rings. The van der Waals surface area contributed by atoms with Gasteiger partial charge in [0, 0.05) is 40.3 Å². The summed E-state index contributed by atoms with van der Waals surface area (Å²) < 4.78 is 0. The van der Waals surface area contributed by atoms with E-state index >= 15 is 0 Å². The van der Waals surface area contributed by atoms with Gasteiger partial charge in [-0.1, -0.05) is 41.4 Å². The molecule has 0 bridgehead atoms. The molecule has 0 fully saturated rings. The summed E-state index contributed by atoms with van der Waals surface area (Å²) in [6.45, 7) is 3.37. The number of aromatic nitrogens is 1. The van der Waals surface area contributed by atoms with Crippen LogP contribution in [0.1, 0.15) is 18.1 Å². The Morgan fingerprint density at radius 2 is 1.88 bits per heavy atom. The summed E-state index contributed by atoms with van der Waals surface area (Å²) in [5, 5.41) is 6.13. The quantitative estimate of drug-likeness (QED) is 0.664. The summed E-state index contributed by atoms with van der Waals surface area (Å²) in [5.74, 6) is 0. The molecule has 3 aromatic rings. The summed E-state index contributed by atoms with van der Waals surface area (Å²) in [5.41, 5.74) is 9.09. The minimum Gasteiger partial charge on any atom is -0.329 e. The first-order chi connectivity index (χ1) is 12.0. The Morgan fingerprint density at radius 3 is 2.64 bits per heavy atom. The van der Waals surface area contributed by atoms with Crippen LogP contribution in [0, 0.1) is 0 Å². The molecule has 1 heterocycles. The van der Waals surface area contributed by atoms with Crippen molar-refractivity contribution in [1.82, 2.24) is 10.3 Å². The summed E-state index contributed by atoms with van der Waals surface area (Å²) in [6, 6.07) is 15.7. The van der Waals surface area contributed by atoms with Crippen LogP contribution >= 0.6 is 23.2 Å². The number of nitrogens with one attached hydrogen (secondary N) is 1. The lowest BCUT2D eigenvalue weighted by Gasteiger charge is -2.30. The minimum atomic E-state index is -0.240. The Balaban J connectivity index is 1.81. The molecule has 2 aromatic carbocycles. The first-order valence-electron chi connectivity index (χ1n) is 8.22. The van der Waals surface area contributed by atoms with Gasteiger partial charge in [-0.2, -0.15) is 0 Å². The molecule has 0 saturated carbocycles. The number of nitrogens with zero attached hydrogens (tertiary/aromatic N) is 1. The van der Waals surface area contributed by atoms with Gasteiger partial charge in [-0.25, -0.2) is 0 Å². The van der Waals surface area contributed by atoms with Crippen LogP contribution < -0.4 is 11.1 Å². The molecule has 0 aliphatic carbocycles. The molecule has 3 rings (SSSR count). The van der Waals surface area contributed by atoms with Crippen LogP contribution in [0.2, 0.25) is 10.0 Å². The number of nitrogens with two attached hydrogens (primary N) is 1. The van der Waals surface area contributed by atoms with Gasteiger partial charge >= 0.3 is 0 Å². The van der Waals surface area contributed by atoms with Crippen LogP contribution in [0.15, 0.2) is 54.7 Å². The first-order valence-corrected chi connectivity index (χ1v) is 8.97. The van der Waals surface area contributed by atoms with E-state index in [2.05, 4.69) is 23.3 Å². The van der Waals surface area contributed by atoms with Gasteiger partial charge in [0.25, 0.3) is 0 Å². The van der Waals surface area contributed by atoms with E-state index < -0.39 is 0 Å². The normalized spacial score (nSPS) is 13.8. The number of pyridine rings is 1. The molecule has 1 atom stereocenters. The van der Waals surface area contributed by atoms with Crippen molar-refractivity contribution < 1.29 is 0 Å². The first kappa shape index (κ1) is 18.2. The zero-order chi connectivity index (χ0) is 17.9. The van der Waals surface area contributed by atoms with Crippen LogP contribution in [0.5, 0.6) is 0 Å². The Labute approximate surface area is 158 Å². The Hall–Kier alpha value is -1.65. The summed E-state index contributed by atoms with van der Waals surface area (Å²) in [7, 11) is 0. The largest absolute Gasteiger partial charge is 0.329 e. The van der Waals surface area contributed by atoms with Crippen molar-refractivity contribution in [2.45, 2.75) is 25.4 Å². The molecule has 1 unspecified atom stereocenters. The van der Waals surface area contributed by atoms with Crippen molar-refractivity contribution in [2.24, 2.45) is 5.73 Å². The molecule has 0 amide bonds. The van der Waals surface area contributed by atoms with Gasteiger partial charge in [-0.05, 0) is 54.8 Å². The summed E-state index contributed by atoms with van der Waals surface area (Å²) in [4.78, 5) is 4.41. The van der Waals surface area contributed by atoms with Crippen molar-refractivity contribution in [1.29, 1.82) is 0 Å². The molecule has 130 valence electrons. The van der Waals surface area contributed by atoms with E-state index in [4.69, 9.17) is 28.9 Å². The van der Waals surface area contributed by atoms with E-state index in [1.165, 1.54) is 5.56 Å². The van der Waals surface area contributed by atoms with Crippen molar-refractivity contribution >= 4 is 34.1 Å². The maximum atomic E-state index is 6.09. The Morgan fingerprint density at radius 1 is 1.08 bits per heavy atom. The monoisotopic (exact) mass is 373 g/mol. The molecule has 1 aromatic heterocycles. The zero-order valence-electron chi connectivity index (χ0n) is 14.1. The van der Waals surface area contributed by atoms with Gasteiger partial charge < -0.3 is 11.1 Å². The molecule has 5 heteroatoms. The third-order valence-electron chi connectivity index (χ3n) is 4.43. The molecule has 25 heavy (non-hydrogen) atoms. The van der Waals surface area contributed by atoms with Crippen molar-refractivity contribution in [3.05, 3.63) is 75.9 Å². The van der Waals surface area contributed by atoms with Crippen LogP contribution in [-0.4, -0.2) is 17.1 Å². The number of rotatable bonds is 6. The average molecular weight is 374 g/mol. The maximum Gasteiger partial charge on any atom is 0.0719 e. The van der Waals surface area contributed by atoms with Gasteiger partial charge in [-0.15, -0.1) is 0 Å².